The molecule has 0 radical (unpaired) electrons. The highest BCUT2D eigenvalue weighted by molar-refractivity contribution is 7.98. The predicted molar refractivity (Wildman–Crippen MR) is 81.8 cm³/mol. The fraction of sp³-hybridized carbons (Fsp3) is 1.00. The average molecular weight is 260 g/mol. The van der Waals surface area contributed by atoms with Gasteiger partial charge >= 0.3 is 0 Å². The van der Waals surface area contributed by atoms with Gasteiger partial charge in [0.25, 0.3) is 0 Å². The molecule has 0 aliphatic rings. The standard InChI is InChI=1S/C14H32N2S/c1-6-7-8-9-10-14(3,12-15)16(4)13(2)11-17-5/h13H,6-12,15H2,1-5H3. The summed E-state index contributed by atoms with van der Waals surface area (Å²) < 4.78 is 0. The molecule has 3 heteroatoms. The molecule has 2 atom stereocenters. The summed E-state index contributed by atoms with van der Waals surface area (Å²) in [5, 5.41) is 0. The van der Waals surface area contributed by atoms with E-state index in [1.54, 1.807) is 0 Å². The third-order valence-electron chi connectivity index (χ3n) is 3.93. The second-order valence-electron chi connectivity index (χ2n) is 5.43. The molecule has 104 valence electrons. The Kier molecular flexibility index (Phi) is 9.38. The fourth-order valence-electron chi connectivity index (χ4n) is 2.24. The molecule has 2 nitrogen and oxygen atoms in total. The lowest BCUT2D eigenvalue weighted by atomic mass is 9.91. The highest BCUT2D eigenvalue weighted by atomic mass is 32.2. The third kappa shape index (κ3) is 6.12. The zero-order chi connectivity index (χ0) is 13.3. The molecule has 0 saturated heterocycles. The first-order valence-electron chi connectivity index (χ1n) is 6.93. The summed E-state index contributed by atoms with van der Waals surface area (Å²) >= 11 is 1.91. The highest BCUT2D eigenvalue weighted by Gasteiger charge is 2.29. The van der Waals surface area contributed by atoms with Crippen LogP contribution in [0.5, 0.6) is 0 Å². The van der Waals surface area contributed by atoms with Gasteiger partial charge in [-0.3, -0.25) is 4.90 Å². The first-order valence-corrected chi connectivity index (χ1v) is 8.33. The predicted octanol–water partition coefficient (Wildman–Crippen LogP) is 3.36. The zero-order valence-electron chi connectivity index (χ0n) is 12.5. The van der Waals surface area contributed by atoms with Crippen molar-refractivity contribution in [1.82, 2.24) is 4.90 Å². The Hall–Kier alpha value is 0.270. The Balaban J connectivity index is 4.22. The van der Waals surface area contributed by atoms with Crippen LogP contribution in [0.1, 0.15) is 52.9 Å². The van der Waals surface area contributed by atoms with Crippen molar-refractivity contribution in [3.8, 4) is 0 Å². The first kappa shape index (κ1) is 17.3. The Morgan fingerprint density at radius 2 is 1.94 bits per heavy atom. The van der Waals surface area contributed by atoms with Crippen LogP contribution < -0.4 is 5.73 Å². The smallest absolute Gasteiger partial charge is 0.0303 e. The lowest BCUT2D eigenvalue weighted by Crippen LogP contribution is -2.53. The Morgan fingerprint density at radius 1 is 1.29 bits per heavy atom. The normalized spacial score (nSPS) is 17.1. The average Bonchev–Trinajstić information content (AvgIpc) is 2.33. The third-order valence-corrected chi connectivity index (χ3v) is 4.74. The van der Waals surface area contributed by atoms with Crippen molar-refractivity contribution in [2.24, 2.45) is 5.73 Å². The van der Waals surface area contributed by atoms with Crippen LogP contribution >= 0.6 is 11.8 Å². The molecule has 0 fully saturated rings. The molecule has 17 heavy (non-hydrogen) atoms. The van der Waals surface area contributed by atoms with Gasteiger partial charge in [0.1, 0.15) is 0 Å². The molecule has 0 aromatic rings. The summed E-state index contributed by atoms with van der Waals surface area (Å²) in [6.07, 6.45) is 8.70. The minimum atomic E-state index is 0.170. The van der Waals surface area contributed by atoms with Crippen molar-refractivity contribution in [1.29, 1.82) is 0 Å². The van der Waals surface area contributed by atoms with E-state index in [2.05, 4.69) is 39.0 Å². The van der Waals surface area contributed by atoms with Gasteiger partial charge in [0.2, 0.25) is 0 Å². The van der Waals surface area contributed by atoms with Crippen molar-refractivity contribution in [2.75, 3.05) is 25.6 Å². The summed E-state index contributed by atoms with van der Waals surface area (Å²) in [5.74, 6) is 1.18. The summed E-state index contributed by atoms with van der Waals surface area (Å²) in [5.41, 5.74) is 6.18. The molecule has 0 spiro atoms. The molecule has 0 aliphatic carbocycles. The summed E-state index contributed by atoms with van der Waals surface area (Å²) in [4.78, 5) is 2.48. The van der Waals surface area contributed by atoms with E-state index in [0.717, 1.165) is 6.54 Å². The van der Waals surface area contributed by atoms with Crippen LogP contribution in [0.2, 0.25) is 0 Å². The van der Waals surface area contributed by atoms with E-state index in [1.807, 2.05) is 11.8 Å². The molecule has 0 bridgehead atoms. The van der Waals surface area contributed by atoms with Gasteiger partial charge < -0.3 is 5.73 Å². The Labute approximate surface area is 113 Å². The first-order chi connectivity index (χ1) is 8.01. The van der Waals surface area contributed by atoms with Crippen molar-refractivity contribution < 1.29 is 0 Å². The largest absolute Gasteiger partial charge is 0.329 e. The summed E-state index contributed by atoms with van der Waals surface area (Å²) in [7, 11) is 2.23. The van der Waals surface area contributed by atoms with Crippen molar-refractivity contribution in [2.45, 2.75) is 64.5 Å². The van der Waals surface area contributed by atoms with Crippen LogP contribution in [-0.4, -0.2) is 42.1 Å². The van der Waals surface area contributed by atoms with E-state index < -0.39 is 0 Å². The molecule has 0 aromatic heterocycles. The topological polar surface area (TPSA) is 29.3 Å². The maximum Gasteiger partial charge on any atom is 0.0303 e. The lowest BCUT2D eigenvalue weighted by Gasteiger charge is -2.42. The molecule has 0 rings (SSSR count). The summed E-state index contributed by atoms with van der Waals surface area (Å²) in [6.45, 7) is 7.63. The number of hydrogen-bond acceptors (Lipinski definition) is 3. The Bertz CT molecular complexity index is 187. The van der Waals surface area contributed by atoms with Gasteiger partial charge in [0.05, 0.1) is 0 Å². The molecule has 0 aromatic carbocycles. The number of nitrogens with two attached hydrogens (primary N) is 1. The maximum atomic E-state index is 6.01. The van der Waals surface area contributed by atoms with E-state index >= 15 is 0 Å². The van der Waals surface area contributed by atoms with E-state index in [4.69, 9.17) is 5.73 Å². The minimum absolute atomic E-state index is 0.170. The quantitative estimate of drug-likeness (QED) is 0.611. The fourth-order valence-corrected chi connectivity index (χ4v) is 2.95. The minimum Gasteiger partial charge on any atom is -0.329 e. The van der Waals surface area contributed by atoms with Crippen LogP contribution in [0, 0.1) is 0 Å². The highest BCUT2D eigenvalue weighted by Crippen LogP contribution is 2.23. The van der Waals surface area contributed by atoms with Gasteiger partial charge in [-0.05, 0) is 33.6 Å². The molecule has 0 heterocycles. The second kappa shape index (κ2) is 9.23. The molecular weight excluding hydrogens is 228 g/mol. The van der Waals surface area contributed by atoms with E-state index in [1.165, 1.54) is 37.9 Å². The van der Waals surface area contributed by atoms with Crippen LogP contribution in [0.3, 0.4) is 0 Å². The molecule has 0 aliphatic heterocycles. The van der Waals surface area contributed by atoms with Gasteiger partial charge in [0.15, 0.2) is 0 Å². The van der Waals surface area contributed by atoms with Crippen LogP contribution in [-0.2, 0) is 0 Å². The number of nitrogens with zero attached hydrogens (tertiary/aromatic N) is 1. The van der Waals surface area contributed by atoms with Gasteiger partial charge in [-0.1, -0.05) is 32.6 Å². The van der Waals surface area contributed by atoms with Crippen LogP contribution in [0.4, 0.5) is 0 Å². The van der Waals surface area contributed by atoms with E-state index in [-0.39, 0.29) is 5.54 Å². The molecule has 2 unspecified atom stereocenters. The number of rotatable bonds is 10. The molecule has 0 saturated carbocycles. The number of likely N-dealkylation sites (N-methyl/N-ethyl adjacent to an activating group) is 1. The van der Waals surface area contributed by atoms with Crippen molar-refractivity contribution in [3.63, 3.8) is 0 Å². The van der Waals surface area contributed by atoms with Crippen molar-refractivity contribution >= 4 is 11.8 Å². The monoisotopic (exact) mass is 260 g/mol. The zero-order valence-corrected chi connectivity index (χ0v) is 13.3. The van der Waals surface area contributed by atoms with Crippen LogP contribution in [0.25, 0.3) is 0 Å². The Morgan fingerprint density at radius 3 is 2.41 bits per heavy atom. The van der Waals surface area contributed by atoms with E-state index in [9.17, 15) is 0 Å². The number of unbranched alkanes of at least 4 members (excludes halogenated alkanes) is 3. The second-order valence-corrected chi connectivity index (χ2v) is 6.34. The van der Waals surface area contributed by atoms with Crippen molar-refractivity contribution in [3.05, 3.63) is 0 Å². The van der Waals surface area contributed by atoms with Gasteiger partial charge in [-0.25, -0.2) is 0 Å². The summed E-state index contributed by atoms with van der Waals surface area (Å²) in [6, 6.07) is 0.602. The maximum absolute atomic E-state index is 6.01. The molecular formula is C14H32N2S. The number of hydrogen-bond donors (Lipinski definition) is 1. The molecule has 0 amide bonds. The lowest BCUT2D eigenvalue weighted by molar-refractivity contribution is 0.0992. The van der Waals surface area contributed by atoms with Gasteiger partial charge in [0, 0.05) is 23.9 Å². The SMILES string of the molecule is CCCCCCC(C)(CN)N(C)C(C)CSC. The number of thioether (sulfide) groups is 1. The molecule has 2 N–H and O–H groups in total. The van der Waals surface area contributed by atoms with E-state index in [0.29, 0.717) is 6.04 Å². The van der Waals surface area contributed by atoms with Gasteiger partial charge in [-0.2, -0.15) is 11.8 Å². The van der Waals surface area contributed by atoms with Gasteiger partial charge in [-0.15, -0.1) is 0 Å². The van der Waals surface area contributed by atoms with Crippen LogP contribution in [0.15, 0.2) is 0 Å².